The number of piperidine rings is 1. The van der Waals surface area contributed by atoms with Crippen LogP contribution in [0.5, 0.6) is 0 Å². The monoisotopic (exact) mass is 396 g/mol. The summed E-state index contributed by atoms with van der Waals surface area (Å²) in [4.78, 5) is 11.8. The molecule has 1 aliphatic rings. The Morgan fingerprint density at radius 2 is 1.96 bits per heavy atom. The van der Waals surface area contributed by atoms with Crippen molar-refractivity contribution in [1.82, 2.24) is 4.31 Å². The highest BCUT2D eigenvalue weighted by Gasteiger charge is 2.33. The molecule has 1 unspecified atom stereocenters. The Hall–Kier alpha value is -0.860. The Bertz CT molecular complexity index is 687. The van der Waals surface area contributed by atoms with E-state index in [1.807, 2.05) is 6.92 Å². The predicted octanol–water partition coefficient (Wildman–Crippen LogP) is 2.30. The Kier molecular flexibility index (Phi) is 7.49. The average Bonchev–Trinajstić information content (AvgIpc) is 2.53. The number of nitrogens with zero attached hydrogens (tertiary/aromatic N) is 1. The quantitative estimate of drug-likeness (QED) is 0.788. The third-order valence-corrected chi connectivity index (χ3v) is 6.40. The van der Waals surface area contributed by atoms with Crippen LogP contribution < -0.4 is 5.73 Å². The highest BCUT2D eigenvalue weighted by Crippen LogP contribution is 2.28. The molecule has 2 N–H and O–H groups in total. The Labute approximate surface area is 153 Å². The van der Waals surface area contributed by atoms with Gasteiger partial charge in [-0.1, -0.05) is 11.6 Å². The molecule has 1 aliphatic heterocycles. The van der Waals surface area contributed by atoms with Crippen LogP contribution >= 0.6 is 24.0 Å². The number of methoxy groups -OCH3 is 1. The maximum absolute atomic E-state index is 12.9. The van der Waals surface area contributed by atoms with E-state index in [1.165, 1.54) is 29.6 Å². The normalized spacial score (nSPS) is 17.8. The molecule has 1 heterocycles. The summed E-state index contributed by atoms with van der Waals surface area (Å²) in [5.74, 6) is -0.414. The molecule has 136 valence electrons. The van der Waals surface area contributed by atoms with Crippen LogP contribution in [-0.4, -0.2) is 44.9 Å². The molecule has 0 bridgehead atoms. The van der Waals surface area contributed by atoms with Crippen molar-refractivity contribution >= 4 is 40.0 Å². The van der Waals surface area contributed by atoms with Crippen LogP contribution in [0, 0.1) is 5.92 Å². The smallest absolute Gasteiger partial charge is 0.339 e. The second-order valence-electron chi connectivity index (χ2n) is 5.73. The van der Waals surface area contributed by atoms with Gasteiger partial charge in [-0.05, 0) is 43.9 Å². The standard InChI is InChI=1S/C15H21ClN2O4S.ClH/c1-10(17)11-5-7-18(8-6-11)23(20,21)14-4-3-12(16)9-13(14)15(19)22-2;/h3-4,9-11H,5-8,17H2,1-2H3;1H. The summed E-state index contributed by atoms with van der Waals surface area (Å²) in [6.07, 6.45) is 1.41. The lowest BCUT2D eigenvalue weighted by Gasteiger charge is -2.33. The Balaban J connectivity index is 0.00000288. The van der Waals surface area contributed by atoms with Crippen LogP contribution in [0.4, 0.5) is 0 Å². The van der Waals surface area contributed by atoms with Crippen molar-refractivity contribution in [1.29, 1.82) is 0 Å². The SMILES string of the molecule is COC(=O)c1cc(Cl)ccc1S(=O)(=O)N1CCC(C(C)N)CC1.Cl. The van der Waals surface area contributed by atoms with Gasteiger partial charge in [0.1, 0.15) is 0 Å². The average molecular weight is 397 g/mol. The zero-order valence-electron chi connectivity index (χ0n) is 13.6. The minimum atomic E-state index is -3.78. The largest absolute Gasteiger partial charge is 0.465 e. The number of carbonyl (C=O) groups excluding carboxylic acids is 1. The minimum Gasteiger partial charge on any atom is -0.465 e. The first kappa shape index (κ1) is 21.2. The number of benzene rings is 1. The van der Waals surface area contributed by atoms with Gasteiger partial charge in [0, 0.05) is 24.2 Å². The van der Waals surface area contributed by atoms with Gasteiger partial charge in [-0.15, -0.1) is 12.4 Å². The van der Waals surface area contributed by atoms with Crippen molar-refractivity contribution < 1.29 is 17.9 Å². The lowest BCUT2D eigenvalue weighted by Crippen LogP contribution is -2.42. The molecule has 1 fully saturated rings. The fourth-order valence-electron chi connectivity index (χ4n) is 2.78. The van der Waals surface area contributed by atoms with Crippen LogP contribution in [0.2, 0.25) is 5.02 Å². The molecule has 0 saturated carbocycles. The molecule has 0 aliphatic carbocycles. The van der Waals surface area contributed by atoms with E-state index in [9.17, 15) is 13.2 Å². The molecule has 0 aromatic heterocycles. The van der Waals surface area contributed by atoms with Crippen LogP contribution in [0.15, 0.2) is 23.1 Å². The Morgan fingerprint density at radius 3 is 2.46 bits per heavy atom. The van der Waals surface area contributed by atoms with E-state index in [2.05, 4.69) is 4.74 Å². The lowest BCUT2D eigenvalue weighted by molar-refractivity contribution is 0.0596. The number of carbonyl (C=O) groups is 1. The third kappa shape index (κ3) is 4.40. The van der Waals surface area contributed by atoms with E-state index in [-0.39, 0.29) is 33.9 Å². The molecule has 0 spiro atoms. The first-order chi connectivity index (χ1) is 10.8. The van der Waals surface area contributed by atoms with E-state index < -0.39 is 16.0 Å². The van der Waals surface area contributed by atoms with Gasteiger partial charge >= 0.3 is 5.97 Å². The molecular weight excluding hydrogens is 375 g/mol. The van der Waals surface area contributed by atoms with E-state index >= 15 is 0 Å². The fourth-order valence-corrected chi connectivity index (χ4v) is 4.58. The second kappa shape index (κ2) is 8.49. The van der Waals surface area contributed by atoms with Gasteiger partial charge in [-0.3, -0.25) is 0 Å². The first-order valence-electron chi connectivity index (χ1n) is 7.41. The highest BCUT2D eigenvalue weighted by atomic mass is 35.5. The predicted molar refractivity (Wildman–Crippen MR) is 95.2 cm³/mol. The van der Waals surface area contributed by atoms with Crippen molar-refractivity contribution in [3.63, 3.8) is 0 Å². The van der Waals surface area contributed by atoms with E-state index in [4.69, 9.17) is 17.3 Å². The zero-order chi connectivity index (χ0) is 17.2. The van der Waals surface area contributed by atoms with Crippen molar-refractivity contribution in [2.24, 2.45) is 11.7 Å². The van der Waals surface area contributed by atoms with Gasteiger partial charge in [0.25, 0.3) is 0 Å². The van der Waals surface area contributed by atoms with Crippen molar-refractivity contribution in [3.8, 4) is 0 Å². The van der Waals surface area contributed by atoms with Crippen LogP contribution in [0.25, 0.3) is 0 Å². The summed E-state index contributed by atoms with van der Waals surface area (Å²) in [6, 6.07) is 4.16. The molecule has 1 aromatic rings. The van der Waals surface area contributed by atoms with Crippen LogP contribution in [0.3, 0.4) is 0 Å². The summed E-state index contributed by atoms with van der Waals surface area (Å²) in [5.41, 5.74) is 5.84. The molecule has 9 heteroatoms. The number of rotatable bonds is 4. The number of halogens is 2. The van der Waals surface area contributed by atoms with Crippen LogP contribution in [0.1, 0.15) is 30.1 Å². The van der Waals surface area contributed by atoms with Gasteiger partial charge in [0.15, 0.2) is 0 Å². The summed E-state index contributed by atoms with van der Waals surface area (Å²) in [6.45, 7) is 2.71. The second-order valence-corrected chi connectivity index (χ2v) is 8.08. The number of hydrogen-bond donors (Lipinski definition) is 1. The van der Waals surface area contributed by atoms with Crippen molar-refractivity contribution in [2.75, 3.05) is 20.2 Å². The number of ether oxygens (including phenoxy) is 1. The molecule has 0 amide bonds. The molecule has 1 saturated heterocycles. The van der Waals surface area contributed by atoms with Gasteiger partial charge in [0.2, 0.25) is 10.0 Å². The zero-order valence-corrected chi connectivity index (χ0v) is 16.0. The van der Waals surface area contributed by atoms with E-state index in [0.29, 0.717) is 31.8 Å². The van der Waals surface area contributed by atoms with Gasteiger partial charge < -0.3 is 10.5 Å². The number of nitrogens with two attached hydrogens (primary N) is 1. The Morgan fingerprint density at radius 1 is 1.38 bits per heavy atom. The molecule has 1 aromatic carbocycles. The summed E-state index contributed by atoms with van der Waals surface area (Å²) in [5, 5.41) is 0.278. The molecule has 0 radical (unpaired) electrons. The number of esters is 1. The van der Waals surface area contributed by atoms with E-state index in [1.54, 1.807) is 0 Å². The molecule has 24 heavy (non-hydrogen) atoms. The maximum Gasteiger partial charge on any atom is 0.339 e. The lowest BCUT2D eigenvalue weighted by atomic mass is 9.92. The summed E-state index contributed by atoms with van der Waals surface area (Å²) < 4.78 is 31.8. The summed E-state index contributed by atoms with van der Waals surface area (Å²) >= 11 is 5.88. The molecule has 1 atom stereocenters. The minimum absolute atomic E-state index is 0. The summed E-state index contributed by atoms with van der Waals surface area (Å²) in [7, 11) is -2.58. The van der Waals surface area contributed by atoms with Gasteiger partial charge in [-0.2, -0.15) is 4.31 Å². The van der Waals surface area contributed by atoms with Gasteiger partial charge in [0.05, 0.1) is 17.6 Å². The fraction of sp³-hybridized carbons (Fsp3) is 0.533. The van der Waals surface area contributed by atoms with Gasteiger partial charge in [-0.25, -0.2) is 13.2 Å². The first-order valence-corrected chi connectivity index (χ1v) is 9.22. The highest BCUT2D eigenvalue weighted by molar-refractivity contribution is 7.89. The van der Waals surface area contributed by atoms with Crippen molar-refractivity contribution in [3.05, 3.63) is 28.8 Å². The van der Waals surface area contributed by atoms with Crippen molar-refractivity contribution in [2.45, 2.75) is 30.7 Å². The van der Waals surface area contributed by atoms with E-state index in [0.717, 1.165) is 0 Å². The molecule has 6 nitrogen and oxygen atoms in total. The maximum atomic E-state index is 12.9. The molecular formula is C15H22Cl2N2O4S. The number of sulfonamides is 1. The van der Waals surface area contributed by atoms with Crippen LogP contribution in [-0.2, 0) is 14.8 Å². The molecule has 2 rings (SSSR count). The third-order valence-electron chi connectivity index (χ3n) is 4.21. The topological polar surface area (TPSA) is 89.7 Å². The number of hydrogen-bond acceptors (Lipinski definition) is 5.